The van der Waals surface area contributed by atoms with Crippen LogP contribution in [0.1, 0.15) is 25.0 Å². The molecular formula is C23H33NO4. The highest BCUT2D eigenvalue weighted by molar-refractivity contribution is 5.46. The minimum Gasteiger partial charge on any atom is -0.493 e. The van der Waals surface area contributed by atoms with Gasteiger partial charge in [-0.15, -0.1) is 0 Å². The van der Waals surface area contributed by atoms with E-state index in [9.17, 15) is 5.11 Å². The second-order valence-electron chi connectivity index (χ2n) is 7.47. The Balaban J connectivity index is 2.04. The van der Waals surface area contributed by atoms with Crippen LogP contribution in [-0.2, 0) is 6.54 Å². The molecule has 0 heterocycles. The number of hydrogen-bond acceptors (Lipinski definition) is 5. The fourth-order valence-corrected chi connectivity index (χ4v) is 3.29. The smallest absolute Gasteiger partial charge is 0.165 e. The summed E-state index contributed by atoms with van der Waals surface area (Å²) < 4.78 is 16.8. The molecule has 0 fully saturated rings. The van der Waals surface area contributed by atoms with E-state index in [2.05, 4.69) is 18.7 Å². The number of aliphatic hydroxyl groups excluding tert-OH is 1. The van der Waals surface area contributed by atoms with E-state index in [0.717, 1.165) is 29.2 Å². The standard InChI is InChI=1S/C23H33NO4/c1-17(2)13-24(14-19-10-8-12-22(26-4)23(19)27-5)15-20(25)16-28-21-11-7-6-9-18(21)3/h6-12,17,20,25H,13-16H2,1-5H3/t20-/m1/s1. The van der Waals surface area contributed by atoms with Gasteiger partial charge in [0.2, 0.25) is 0 Å². The van der Waals surface area contributed by atoms with Crippen molar-refractivity contribution in [3.8, 4) is 17.2 Å². The molecule has 0 spiro atoms. The summed E-state index contributed by atoms with van der Waals surface area (Å²) in [5.41, 5.74) is 2.10. The zero-order valence-corrected chi connectivity index (χ0v) is 17.6. The van der Waals surface area contributed by atoms with Gasteiger partial charge in [0.05, 0.1) is 14.2 Å². The summed E-state index contributed by atoms with van der Waals surface area (Å²) in [6.07, 6.45) is -0.588. The number of ether oxygens (including phenoxy) is 3. The van der Waals surface area contributed by atoms with Crippen molar-refractivity contribution in [2.75, 3.05) is 33.9 Å². The molecule has 2 aromatic rings. The minimum atomic E-state index is -0.588. The molecule has 2 rings (SSSR count). The Labute approximate surface area is 168 Å². The first kappa shape index (κ1) is 22.1. The number of aryl methyl sites for hydroxylation is 1. The molecule has 28 heavy (non-hydrogen) atoms. The average Bonchev–Trinajstić information content (AvgIpc) is 2.66. The van der Waals surface area contributed by atoms with Crippen molar-refractivity contribution in [2.45, 2.75) is 33.4 Å². The largest absolute Gasteiger partial charge is 0.493 e. The van der Waals surface area contributed by atoms with Crippen molar-refractivity contribution in [3.05, 3.63) is 53.6 Å². The Morgan fingerprint density at radius 3 is 2.29 bits per heavy atom. The highest BCUT2D eigenvalue weighted by Crippen LogP contribution is 2.31. The zero-order valence-electron chi connectivity index (χ0n) is 17.6. The normalized spacial score (nSPS) is 12.3. The molecule has 0 amide bonds. The van der Waals surface area contributed by atoms with Gasteiger partial charge in [0.25, 0.3) is 0 Å². The molecule has 154 valence electrons. The Morgan fingerprint density at radius 2 is 1.64 bits per heavy atom. The van der Waals surface area contributed by atoms with E-state index in [4.69, 9.17) is 14.2 Å². The highest BCUT2D eigenvalue weighted by Gasteiger charge is 2.18. The molecule has 1 N–H and O–H groups in total. The Morgan fingerprint density at radius 1 is 0.929 bits per heavy atom. The molecule has 0 aromatic heterocycles. The van der Waals surface area contributed by atoms with Gasteiger partial charge in [-0.3, -0.25) is 4.90 Å². The van der Waals surface area contributed by atoms with Gasteiger partial charge in [-0.2, -0.15) is 0 Å². The van der Waals surface area contributed by atoms with Gasteiger partial charge in [-0.25, -0.2) is 0 Å². The van der Waals surface area contributed by atoms with Crippen LogP contribution in [0.5, 0.6) is 17.2 Å². The Kier molecular flexibility index (Phi) is 8.61. The molecule has 1 atom stereocenters. The van der Waals surface area contributed by atoms with Crippen LogP contribution in [0.15, 0.2) is 42.5 Å². The third-order valence-corrected chi connectivity index (χ3v) is 4.50. The molecule has 5 nitrogen and oxygen atoms in total. The van der Waals surface area contributed by atoms with Crippen molar-refractivity contribution in [3.63, 3.8) is 0 Å². The van der Waals surface area contributed by atoms with E-state index >= 15 is 0 Å². The third kappa shape index (κ3) is 6.43. The van der Waals surface area contributed by atoms with E-state index in [1.807, 2.05) is 49.4 Å². The van der Waals surface area contributed by atoms with Crippen molar-refractivity contribution >= 4 is 0 Å². The lowest BCUT2D eigenvalue weighted by Gasteiger charge is -2.27. The van der Waals surface area contributed by atoms with Crippen molar-refractivity contribution < 1.29 is 19.3 Å². The van der Waals surface area contributed by atoms with Crippen molar-refractivity contribution in [2.24, 2.45) is 5.92 Å². The van der Waals surface area contributed by atoms with E-state index in [0.29, 0.717) is 24.8 Å². The summed E-state index contributed by atoms with van der Waals surface area (Å²) in [6, 6.07) is 13.7. The maximum atomic E-state index is 10.6. The van der Waals surface area contributed by atoms with Gasteiger partial charge >= 0.3 is 0 Å². The Bertz CT molecular complexity index is 732. The zero-order chi connectivity index (χ0) is 20.5. The first-order valence-electron chi connectivity index (χ1n) is 9.73. The molecule has 2 aromatic carbocycles. The molecule has 0 aliphatic heterocycles. The molecule has 0 saturated carbocycles. The maximum absolute atomic E-state index is 10.6. The van der Waals surface area contributed by atoms with Crippen LogP contribution >= 0.6 is 0 Å². The lowest BCUT2D eigenvalue weighted by atomic mass is 10.1. The molecule has 0 unspecified atom stereocenters. The predicted octanol–water partition coefficient (Wildman–Crippen LogP) is 3.91. The second-order valence-corrected chi connectivity index (χ2v) is 7.47. The number of rotatable bonds is 11. The van der Waals surface area contributed by atoms with Gasteiger partial charge < -0.3 is 19.3 Å². The summed E-state index contributed by atoms with van der Waals surface area (Å²) in [4.78, 5) is 2.23. The fraction of sp³-hybridized carbons (Fsp3) is 0.478. The van der Waals surface area contributed by atoms with Crippen LogP contribution in [0.2, 0.25) is 0 Å². The second kappa shape index (κ2) is 10.9. The van der Waals surface area contributed by atoms with E-state index in [1.165, 1.54) is 0 Å². The highest BCUT2D eigenvalue weighted by atomic mass is 16.5. The fourth-order valence-electron chi connectivity index (χ4n) is 3.29. The SMILES string of the molecule is COc1cccc(CN(CC(C)C)C[C@@H](O)COc2ccccc2C)c1OC. The minimum absolute atomic E-state index is 0.259. The van der Waals surface area contributed by atoms with Crippen LogP contribution in [0.4, 0.5) is 0 Å². The third-order valence-electron chi connectivity index (χ3n) is 4.50. The van der Waals surface area contributed by atoms with E-state index in [-0.39, 0.29) is 6.61 Å². The van der Waals surface area contributed by atoms with Gasteiger partial charge in [0.15, 0.2) is 11.5 Å². The summed E-state index contributed by atoms with van der Waals surface area (Å²) in [7, 11) is 3.29. The summed E-state index contributed by atoms with van der Waals surface area (Å²) in [5, 5.41) is 10.6. The molecule has 0 saturated heterocycles. The lowest BCUT2D eigenvalue weighted by Crippen LogP contribution is -2.37. The lowest BCUT2D eigenvalue weighted by molar-refractivity contribution is 0.0609. The average molecular weight is 388 g/mol. The molecule has 0 aliphatic rings. The maximum Gasteiger partial charge on any atom is 0.165 e. The summed E-state index contributed by atoms with van der Waals surface area (Å²) in [6.45, 7) is 8.65. The topological polar surface area (TPSA) is 51.2 Å². The van der Waals surface area contributed by atoms with E-state index in [1.54, 1.807) is 14.2 Å². The van der Waals surface area contributed by atoms with Crippen LogP contribution in [0.25, 0.3) is 0 Å². The van der Waals surface area contributed by atoms with Crippen molar-refractivity contribution in [1.29, 1.82) is 0 Å². The van der Waals surface area contributed by atoms with Gasteiger partial charge in [-0.05, 0) is 30.5 Å². The number of hydrogen-bond donors (Lipinski definition) is 1. The summed E-state index contributed by atoms with van der Waals surface area (Å²) >= 11 is 0. The molecule has 0 aliphatic carbocycles. The van der Waals surface area contributed by atoms with Crippen LogP contribution in [-0.4, -0.2) is 50.0 Å². The van der Waals surface area contributed by atoms with Crippen molar-refractivity contribution in [1.82, 2.24) is 4.90 Å². The Hall–Kier alpha value is -2.24. The first-order chi connectivity index (χ1) is 13.4. The first-order valence-corrected chi connectivity index (χ1v) is 9.73. The van der Waals surface area contributed by atoms with Gasteiger partial charge in [-0.1, -0.05) is 44.2 Å². The number of aliphatic hydroxyl groups is 1. The quantitative estimate of drug-likeness (QED) is 0.634. The molecular weight excluding hydrogens is 354 g/mol. The summed E-state index contributed by atoms with van der Waals surface area (Å²) in [5.74, 6) is 2.74. The number of nitrogens with zero attached hydrogens (tertiary/aromatic N) is 1. The number of benzene rings is 2. The monoisotopic (exact) mass is 387 g/mol. The number of methoxy groups -OCH3 is 2. The van der Waals surface area contributed by atoms with Crippen LogP contribution in [0.3, 0.4) is 0 Å². The van der Waals surface area contributed by atoms with E-state index < -0.39 is 6.10 Å². The number of para-hydroxylation sites is 2. The van der Waals surface area contributed by atoms with Gasteiger partial charge in [0, 0.05) is 25.2 Å². The van der Waals surface area contributed by atoms with Gasteiger partial charge in [0.1, 0.15) is 18.5 Å². The predicted molar refractivity (Wildman–Crippen MR) is 112 cm³/mol. The molecule has 0 radical (unpaired) electrons. The molecule has 0 bridgehead atoms. The van der Waals surface area contributed by atoms with Crippen LogP contribution < -0.4 is 14.2 Å². The molecule has 5 heteroatoms. The van der Waals surface area contributed by atoms with Crippen LogP contribution in [0, 0.1) is 12.8 Å².